The number of carboxylic acids is 1. The molecule has 0 bridgehead atoms. The molecule has 1 amide bonds. The Labute approximate surface area is 96.0 Å². The van der Waals surface area contributed by atoms with E-state index in [0.717, 1.165) is 25.8 Å². The Morgan fingerprint density at radius 1 is 1.44 bits per heavy atom. The molecule has 1 aliphatic rings. The number of nitrogens with zero attached hydrogens (tertiary/aromatic N) is 2. The van der Waals surface area contributed by atoms with E-state index in [1.165, 1.54) is 6.92 Å². The Kier molecular flexibility index (Phi) is 4.73. The number of likely N-dealkylation sites (N-methyl/N-ethyl adjacent to an activating group) is 1. The molecule has 1 heterocycles. The standard InChI is InChI=1S/C11H20N2O3/c1-9(14)12(2)7-10-5-3-4-6-13(10)8-11(15)16/h10H,3-8H2,1-2H3,(H,15,16)/t10-/m1/s1. The molecule has 1 atom stereocenters. The highest BCUT2D eigenvalue weighted by atomic mass is 16.4. The summed E-state index contributed by atoms with van der Waals surface area (Å²) in [4.78, 5) is 25.5. The van der Waals surface area contributed by atoms with Crippen LogP contribution in [-0.2, 0) is 9.59 Å². The Morgan fingerprint density at radius 2 is 2.12 bits per heavy atom. The first kappa shape index (κ1) is 13.0. The van der Waals surface area contributed by atoms with E-state index < -0.39 is 5.97 Å². The van der Waals surface area contributed by atoms with Gasteiger partial charge in [0.2, 0.25) is 5.91 Å². The van der Waals surface area contributed by atoms with Gasteiger partial charge in [0.25, 0.3) is 0 Å². The number of carbonyl (C=O) groups is 2. The van der Waals surface area contributed by atoms with Gasteiger partial charge in [-0.1, -0.05) is 6.42 Å². The number of hydrogen-bond acceptors (Lipinski definition) is 3. The van der Waals surface area contributed by atoms with E-state index in [9.17, 15) is 9.59 Å². The minimum Gasteiger partial charge on any atom is -0.480 e. The van der Waals surface area contributed by atoms with Crippen LogP contribution in [0, 0.1) is 0 Å². The fourth-order valence-corrected chi connectivity index (χ4v) is 2.09. The van der Waals surface area contributed by atoms with Crippen molar-refractivity contribution in [1.82, 2.24) is 9.80 Å². The second kappa shape index (κ2) is 5.84. The largest absolute Gasteiger partial charge is 0.480 e. The summed E-state index contributed by atoms with van der Waals surface area (Å²) in [5, 5.41) is 8.80. The maximum absolute atomic E-state index is 11.1. The number of carbonyl (C=O) groups excluding carboxylic acids is 1. The van der Waals surface area contributed by atoms with Gasteiger partial charge in [-0.2, -0.15) is 0 Å². The van der Waals surface area contributed by atoms with Gasteiger partial charge in [0.05, 0.1) is 6.54 Å². The van der Waals surface area contributed by atoms with Gasteiger partial charge in [-0.15, -0.1) is 0 Å². The molecule has 0 aromatic heterocycles. The summed E-state index contributed by atoms with van der Waals surface area (Å²) in [5.74, 6) is -0.766. The second-order valence-electron chi connectivity index (χ2n) is 4.41. The zero-order chi connectivity index (χ0) is 12.1. The lowest BCUT2D eigenvalue weighted by Gasteiger charge is -2.36. The molecule has 0 aromatic carbocycles. The summed E-state index contributed by atoms with van der Waals surface area (Å²) in [6.45, 7) is 3.06. The number of piperidine rings is 1. The van der Waals surface area contributed by atoms with Crippen LogP contribution in [0.4, 0.5) is 0 Å². The van der Waals surface area contributed by atoms with Crippen molar-refractivity contribution in [2.75, 3.05) is 26.7 Å². The molecule has 1 saturated heterocycles. The number of likely N-dealkylation sites (tertiary alicyclic amines) is 1. The third kappa shape index (κ3) is 3.81. The number of carboxylic acid groups (broad SMARTS) is 1. The molecule has 0 saturated carbocycles. The van der Waals surface area contributed by atoms with Gasteiger partial charge in [-0.05, 0) is 19.4 Å². The van der Waals surface area contributed by atoms with Crippen LogP contribution in [0.25, 0.3) is 0 Å². The molecule has 1 rings (SSSR count). The summed E-state index contributed by atoms with van der Waals surface area (Å²) in [7, 11) is 1.76. The highest BCUT2D eigenvalue weighted by molar-refractivity contribution is 5.73. The molecular formula is C11H20N2O3. The molecular weight excluding hydrogens is 208 g/mol. The second-order valence-corrected chi connectivity index (χ2v) is 4.41. The quantitative estimate of drug-likeness (QED) is 0.757. The Hall–Kier alpha value is -1.10. The van der Waals surface area contributed by atoms with Crippen molar-refractivity contribution in [3.8, 4) is 0 Å². The summed E-state index contributed by atoms with van der Waals surface area (Å²) in [6, 6.07) is 0.193. The van der Waals surface area contributed by atoms with Crippen molar-refractivity contribution in [2.45, 2.75) is 32.2 Å². The molecule has 0 radical (unpaired) electrons. The molecule has 16 heavy (non-hydrogen) atoms. The first-order valence-electron chi connectivity index (χ1n) is 5.68. The van der Waals surface area contributed by atoms with Gasteiger partial charge in [0.1, 0.15) is 0 Å². The highest BCUT2D eigenvalue weighted by Crippen LogP contribution is 2.17. The van der Waals surface area contributed by atoms with Gasteiger partial charge < -0.3 is 10.0 Å². The van der Waals surface area contributed by atoms with Gasteiger partial charge in [0.15, 0.2) is 0 Å². The lowest BCUT2D eigenvalue weighted by Crippen LogP contribution is -2.48. The lowest BCUT2D eigenvalue weighted by atomic mass is 10.0. The Morgan fingerprint density at radius 3 is 2.69 bits per heavy atom. The van der Waals surface area contributed by atoms with E-state index in [1.807, 2.05) is 4.90 Å². The fourth-order valence-electron chi connectivity index (χ4n) is 2.09. The molecule has 1 fully saturated rings. The summed E-state index contributed by atoms with van der Waals surface area (Å²) in [6.07, 6.45) is 3.14. The molecule has 0 spiro atoms. The predicted molar refractivity (Wildman–Crippen MR) is 60.2 cm³/mol. The van der Waals surface area contributed by atoms with Crippen molar-refractivity contribution in [2.24, 2.45) is 0 Å². The SMILES string of the molecule is CC(=O)N(C)C[C@H]1CCCCN1CC(=O)O. The van der Waals surface area contributed by atoms with Crippen molar-refractivity contribution < 1.29 is 14.7 Å². The topological polar surface area (TPSA) is 60.9 Å². The van der Waals surface area contributed by atoms with Crippen LogP contribution in [-0.4, -0.2) is 59.5 Å². The van der Waals surface area contributed by atoms with Crippen molar-refractivity contribution >= 4 is 11.9 Å². The van der Waals surface area contributed by atoms with Gasteiger partial charge in [-0.25, -0.2) is 0 Å². The number of amides is 1. The van der Waals surface area contributed by atoms with E-state index in [4.69, 9.17) is 5.11 Å². The normalized spacial score (nSPS) is 21.8. The van der Waals surface area contributed by atoms with Crippen LogP contribution < -0.4 is 0 Å². The smallest absolute Gasteiger partial charge is 0.317 e. The van der Waals surface area contributed by atoms with Crippen LogP contribution in [0.3, 0.4) is 0 Å². The van der Waals surface area contributed by atoms with Crippen molar-refractivity contribution in [3.63, 3.8) is 0 Å². The first-order chi connectivity index (χ1) is 7.50. The zero-order valence-corrected chi connectivity index (χ0v) is 9.98. The number of rotatable bonds is 4. The van der Waals surface area contributed by atoms with Crippen molar-refractivity contribution in [3.05, 3.63) is 0 Å². The molecule has 1 N–H and O–H groups in total. The molecule has 0 aromatic rings. The van der Waals surface area contributed by atoms with Crippen LogP contribution in [0.15, 0.2) is 0 Å². The molecule has 1 aliphatic heterocycles. The monoisotopic (exact) mass is 228 g/mol. The molecule has 92 valence electrons. The minimum absolute atomic E-state index is 0.0286. The van der Waals surface area contributed by atoms with Gasteiger partial charge in [0, 0.05) is 26.6 Å². The number of aliphatic carboxylic acids is 1. The zero-order valence-electron chi connectivity index (χ0n) is 9.98. The maximum atomic E-state index is 11.1. The maximum Gasteiger partial charge on any atom is 0.317 e. The van der Waals surface area contributed by atoms with Gasteiger partial charge >= 0.3 is 5.97 Å². The van der Waals surface area contributed by atoms with Crippen LogP contribution in [0.5, 0.6) is 0 Å². The lowest BCUT2D eigenvalue weighted by molar-refractivity contribution is -0.139. The summed E-state index contributed by atoms with van der Waals surface area (Å²) >= 11 is 0. The Bertz CT molecular complexity index is 268. The average molecular weight is 228 g/mol. The molecule has 5 heteroatoms. The van der Waals surface area contributed by atoms with E-state index in [2.05, 4.69) is 0 Å². The third-order valence-corrected chi connectivity index (χ3v) is 3.11. The summed E-state index contributed by atoms with van der Waals surface area (Å²) < 4.78 is 0. The highest BCUT2D eigenvalue weighted by Gasteiger charge is 2.25. The van der Waals surface area contributed by atoms with Crippen LogP contribution in [0.2, 0.25) is 0 Å². The molecule has 0 unspecified atom stereocenters. The number of hydrogen-bond donors (Lipinski definition) is 1. The van der Waals surface area contributed by atoms with E-state index in [-0.39, 0.29) is 18.5 Å². The molecule has 0 aliphatic carbocycles. The predicted octanol–water partition coefficient (Wildman–Crippen LogP) is 0.404. The van der Waals surface area contributed by atoms with Gasteiger partial charge in [-0.3, -0.25) is 14.5 Å². The van der Waals surface area contributed by atoms with Crippen LogP contribution in [0.1, 0.15) is 26.2 Å². The fraction of sp³-hybridized carbons (Fsp3) is 0.818. The van der Waals surface area contributed by atoms with E-state index >= 15 is 0 Å². The van der Waals surface area contributed by atoms with Crippen LogP contribution >= 0.6 is 0 Å². The van der Waals surface area contributed by atoms with E-state index in [1.54, 1.807) is 11.9 Å². The van der Waals surface area contributed by atoms with Crippen molar-refractivity contribution in [1.29, 1.82) is 0 Å². The average Bonchev–Trinajstić information content (AvgIpc) is 2.20. The minimum atomic E-state index is -0.794. The molecule has 5 nitrogen and oxygen atoms in total. The summed E-state index contributed by atoms with van der Waals surface area (Å²) in [5.41, 5.74) is 0. The Balaban J connectivity index is 2.52. The first-order valence-corrected chi connectivity index (χ1v) is 5.68. The third-order valence-electron chi connectivity index (χ3n) is 3.11. The van der Waals surface area contributed by atoms with E-state index in [0.29, 0.717) is 6.54 Å².